The molecule has 3 rings (SSSR count). The molecule has 8 nitrogen and oxygen atoms in total. The van der Waals surface area contributed by atoms with Crippen LogP contribution < -0.4 is 5.56 Å². The van der Waals surface area contributed by atoms with Crippen molar-refractivity contribution in [3.8, 4) is 28.8 Å². The number of nitriles is 1. The van der Waals surface area contributed by atoms with E-state index >= 15 is 0 Å². The van der Waals surface area contributed by atoms with Gasteiger partial charge in [-0.2, -0.15) is 5.26 Å². The number of rotatable bonds is 6. The molecular formula is C19H20N4O4. The largest absolute Gasteiger partial charge is 0.508 e. The Morgan fingerprint density at radius 1 is 1.30 bits per heavy atom. The predicted molar refractivity (Wildman–Crippen MR) is 99.5 cm³/mol. The topological polar surface area (TPSA) is 124 Å². The van der Waals surface area contributed by atoms with E-state index in [1.165, 1.54) is 24.5 Å². The van der Waals surface area contributed by atoms with Crippen molar-refractivity contribution in [2.45, 2.75) is 32.9 Å². The number of fused-ring (bicyclic) bond motifs is 1. The number of aromatic hydroxyl groups is 2. The van der Waals surface area contributed by atoms with E-state index in [9.17, 15) is 20.3 Å². The molecule has 0 saturated carbocycles. The van der Waals surface area contributed by atoms with Gasteiger partial charge in [0.15, 0.2) is 0 Å². The van der Waals surface area contributed by atoms with Gasteiger partial charge in [0.25, 0.3) is 5.56 Å². The lowest BCUT2D eigenvalue weighted by molar-refractivity contribution is 0.0751. The van der Waals surface area contributed by atoms with Crippen LogP contribution in [0.25, 0.3) is 22.3 Å². The second-order valence-electron chi connectivity index (χ2n) is 6.43. The first-order valence-corrected chi connectivity index (χ1v) is 8.57. The summed E-state index contributed by atoms with van der Waals surface area (Å²) in [7, 11) is 0. The summed E-state index contributed by atoms with van der Waals surface area (Å²) in [5, 5.41) is 29.4. The monoisotopic (exact) mass is 368 g/mol. The summed E-state index contributed by atoms with van der Waals surface area (Å²) in [5.41, 5.74) is 1.25. The number of benzene rings is 1. The molecule has 0 fully saturated rings. The molecule has 0 aliphatic heterocycles. The van der Waals surface area contributed by atoms with Crippen LogP contribution in [-0.2, 0) is 11.3 Å². The minimum atomic E-state index is -0.364. The normalized spacial score (nSPS) is 11.2. The second kappa shape index (κ2) is 7.51. The van der Waals surface area contributed by atoms with Crippen molar-refractivity contribution in [2.75, 3.05) is 6.61 Å². The molecule has 0 aliphatic rings. The van der Waals surface area contributed by atoms with Crippen LogP contribution >= 0.6 is 0 Å². The summed E-state index contributed by atoms with van der Waals surface area (Å²) >= 11 is 0. The molecule has 0 bridgehead atoms. The number of aromatic nitrogens is 3. The summed E-state index contributed by atoms with van der Waals surface area (Å²) in [6.07, 6.45) is 1.95. The van der Waals surface area contributed by atoms with Crippen molar-refractivity contribution in [1.82, 2.24) is 14.5 Å². The Bertz CT molecular complexity index is 1060. The standard InChI is InChI=1S/C19H20N4O4/c1-11(2)27-5-3-4-23-17(12-6-13(24)8-14(25)7-12)15(9-20)16-18(23)19(26)22-10-21-16/h6-8,10-11,24-25H,3-5H2,1-2H3,(H,21,22,26). The SMILES string of the molecule is CC(C)OCCCn1c(-c2cc(O)cc(O)c2)c(C#N)c2nc[nH]c(=O)c21. The van der Waals surface area contributed by atoms with Crippen molar-refractivity contribution >= 4 is 11.0 Å². The van der Waals surface area contributed by atoms with Crippen molar-refractivity contribution in [3.63, 3.8) is 0 Å². The van der Waals surface area contributed by atoms with Gasteiger partial charge in [0.2, 0.25) is 0 Å². The molecule has 0 unspecified atom stereocenters. The first-order chi connectivity index (χ1) is 12.9. The Kier molecular flexibility index (Phi) is 5.14. The fourth-order valence-electron chi connectivity index (χ4n) is 3.09. The molecule has 2 aromatic heterocycles. The molecular weight excluding hydrogens is 348 g/mol. The summed E-state index contributed by atoms with van der Waals surface area (Å²) < 4.78 is 7.25. The Labute approximate surface area is 155 Å². The van der Waals surface area contributed by atoms with Crippen LogP contribution in [-0.4, -0.2) is 37.5 Å². The molecule has 2 heterocycles. The number of phenols is 2. The summed E-state index contributed by atoms with van der Waals surface area (Å²) in [4.78, 5) is 19.1. The number of hydrogen-bond acceptors (Lipinski definition) is 6. The molecule has 0 amide bonds. The average Bonchev–Trinajstić information content (AvgIpc) is 2.92. The number of hydrogen-bond donors (Lipinski definition) is 3. The average molecular weight is 368 g/mol. The lowest BCUT2D eigenvalue weighted by Crippen LogP contribution is -2.14. The highest BCUT2D eigenvalue weighted by Gasteiger charge is 2.22. The van der Waals surface area contributed by atoms with Crippen molar-refractivity contribution in [2.24, 2.45) is 0 Å². The number of nitrogens with zero attached hydrogens (tertiary/aromatic N) is 3. The Morgan fingerprint density at radius 3 is 2.63 bits per heavy atom. The third kappa shape index (κ3) is 3.64. The highest BCUT2D eigenvalue weighted by molar-refractivity contribution is 5.91. The zero-order valence-electron chi connectivity index (χ0n) is 15.1. The highest BCUT2D eigenvalue weighted by Crippen LogP contribution is 2.35. The molecule has 3 aromatic rings. The number of ether oxygens (including phenoxy) is 1. The van der Waals surface area contributed by atoms with Gasteiger partial charge in [-0.05, 0) is 32.4 Å². The fourth-order valence-corrected chi connectivity index (χ4v) is 3.09. The number of phenolic OH excluding ortho intramolecular Hbond substituents is 2. The molecule has 8 heteroatoms. The maximum absolute atomic E-state index is 12.4. The third-order valence-electron chi connectivity index (χ3n) is 4.11. The molecule has 0 aliphatic carbocycles. The van der Waals surface area contributed by atoms with E-state index in [0.29, 0.717) is 30.8 Å². The van der Waals surface area contributed by atoms with Crippen LogP contribution in [0.15, 0.2) is 29.3 Å². The van der Waals surface area contributed by atoms with E-state index < -0.39 is 0 Å². The van der Waals surface area contributed by atoms with Gasteiger partial charge in [-0.25, -0.2) is 4.98 Å². The molecule has 3 N–H and O–H groups in total. The number of aromatic amines is 1. The quantitative estimate of drug-likeness (QED) is 0.574. The van der Waals surface area contributed by atoms with Crippen LogP contribution in [0.1, 0.15) is 25.8 Å². The molecule has 0 spiro atoms. The first kappa shape index (κ1) is 18.5. The summed E-state index contributed by atoms with van der Waals surface area (Å²) in [5.74, 6) is -0.286. The van der Waals surface area contributed by atoms with Gasteiger partial charge in [-0.1, -0.05) is 0 Å². The van der Waals surface area contributed by atoms with E-state index in [2.05, 4.69) is 16.0 Å². The molecule has 27 heavy (non-hydrogen) atoms. The Hall–Kier alpha value is -3.31. The molecule has 0 saturated heterocycles. The van der Waals surface area contributed by atoms with Gasteiger partial charge in [0, 0.05) is 24.8 Å². The van der Waals surface area contributed by atoms with Gasteiger partial charge >= 0.3 is 0 Å². The van der Waals surface area contributed by atoms with Crippen LogP contribution in [0.2, 0.25) is 0 Å². The lowest BCUT2D eigenvalue weighted by atomic mass is 10.1. The molecule has 140 valence electrons. The van der Waals surface area contributed by atoms with E-state index in [4.69, 9.17) is 4.74 Å². The summed E-state index contributed by atoms with van der Waals surface area (Å²) in [6.45, 7) is 4.77. The first-order valence-electron chi connectivity index (χ1n) is 8.57. The minimum absolute atomic E-state index is 0.0913. The second-order valence-corrected chi connectivity index (χ2v) is 6.43. The number of H-pyrrole nitrogens is 1. The highest BCUT2D eigenvalue weighted by atomic mass is 16.5. The van der Waals surface area contributed by atoms with E-state index in [0.717, 1.165) is 0 Å². The maximum atomic E-state index is 12.4. The maximum Gasteiger partial charge on any atom is 0.275 e. The Morgan fingerprint density at radius 2 is 2.00 bits per heavy atom. The van der Waals surface area contributed by atoms with E-state index in [-0.39, 0.29) is 39.8 Å². The van der Waals surface area contributed by atoms with Gasteiger partial charge in [0.1, 0.15) is 34.2 Å². The Balaban J connectivity index is 2.21. The van der Waals surface area contributed by atoms with Gasteiger partial charge in [-0.3, -0.25) is 4.79 Å². The van der Waals surface area contributed by atoms with Gasteiger partial charge in [0.05, 0.1) is 18.1 Å². The fraction of sp³-hybridized carbons (Fsp3) is 0.316. The van der Waals surface area contributed by atoms with Gasteiger partial charge < -0.3 is 24.5 Å². The zero-order valence-corrected chi connectivity index (χ0v) is 15.1. The minimum Gasteiger partial charge on any atom is -0.508 e. The predicted octanol–water partition coefficient (Wildman–Crippen LogP) is 2.49. The molecule has 0 atom stereocenters. The summed E-state index contributed by atoms with van der Waals surface area (Å²) in [6, 6.07) is 6.17. The van der Waals surface area contributed by atoms with Crippen LogP contribution in [0, 0.1) is 11.3 Å². The molecule has 0 radical (unpaired) electrons. The number of aryl methyl sites for hydroxylation is 1. The smallest absolute Gasteiger partial charge is 0.275 e. The van der Waals surface area contributed by atoms with Crippen LogP contribution in [0.3, 0.4) is 0 Å². The van der Waals surface area contributed by atoms with Crippen LogP contribution in [0.5, 0.6) is 11.5 Å². The van der Waals surface area contributed by atoms with Gasteiger partial charge in [-0.15, -0.1) is 0 Å². The van der Waals surface area contributed by atoms with Crippen molar-refractivity contribution in [1.29, 1.82) is 5.26 Å². The lowest BCUT2D eigenvalue weighted by Gasteiger charge is -2.12. The number of nitrogens with one attached hydrogen (secondary N) is 1. The zero-order chi connectivity index (χ0) is 19.6. The molecule has 1 aromatic carbocycles. The van der Waals surface area contributed by atoms with E-state index in [1.807, 2.05) is 13.8 Å². The van der Waals surface area contributed by atoms with Crippen molar-refractivity contribution < 1.29 is 14.9 Å². The van der Waals surface area contributed by atoms with Crippen molar-refractivity contribution in [3.05, 3.63) is 40.4 Å². The van der Waals surface area contributed by atoms with Crippen LogP contribution in [0.4, 0.5) is 0 Å². The van der Waals surface area contributed by atoms with E-state index in [1.54, 1.807) is 4.57 Å². The third-order valence-corrected chi connectivity index (χ3v) is 4.11.